The van der Waals surface area contributed by atoms with E-state index in [2.05, 4.69) is 16.9 Å². The van der Waals surface area contributed by atoms with Gasteiger partial charge in [0.1, 0.15) is 13.2 Å². The zero-order valence-electron chi connectivity index (χ0n) is 12.6. The molecular formula is C16H20N2O3S. The number of aromatic nitrogens is 1. The van der Waals surface area contributed by atoms with Crippen LogP contribution in [-0.4, -0.2) is 36.4 Å². The van der Waals surface area contributed by atoms with Crippen LogP contribution in [0.3, 0.4) is 0 Å². The molecule has 6 heteroatoms. The average molecular weight is 320 g/mol. The molecule has 1 saturated carbocycles. The van der Waals surface area contributed by atoms with Crippen LogP contribution in [0.2, 0.25) is 0 Å². The lowest BCUT2D eigenvalue weighted by atomic mass is 10.3. The van der Waals surface area contributed by atoms with Gasteiger partial charge < -0.3 is 19.5 Å². The minimum Gasteiger partial charge on any atom is -0.487 e. The molecule has 1 aliphatic rings. The van der Waals surface area contributed by atoms with Crippen molar-refractivity contribution in [2.24, 2.45) is 0 Å². The van der Waals surface area contributed by atoms with E-state index in [-0.39, 0.29) is 13.2 Å². The number of hydrogen-bond acceptors (Lipinski definition) is 6. The molecule has 2 aromatic rings. The maximum atomic E-state index is 8.85. The zero-order valence-corrected chi connectivity index (χ0v) is 13.4. The largest absolute Gasteiger partial charge is 0.487 e. The third-order valence-electron chi connectivity index (χ3n) is 3.51. The van der Waals surface area contributed by atoms with Crippen LogP contribution in [0, 0.1) is 0 Å². The number of hydrogen-bond donors (Lipinski definition) is 1. The van der Waals surface area contributed by atoms with Crippen LogP contribution >= 0.6 is 11.3 Å². The van der Waals surface area contributed by atoms with E-state index in [9.17, 15) is 0 Å². The molecule has 0 bridgehead atoms. The predicted octanol–water partition coefficient (Wildman–Crippen LogP) is 2.69. The van der Waals surface area contributed by atoms with Crippen molar-refractivity contribution in [1.29, 1.82) is 0 Å². The topological polar surface area (TPSA) is 54.8 Å². The van der Waals surface area contributed by atoms with Gasteiger partial charge in [-0.15, -0.1) is 11.3 Å². The molecule has 22 heavy (non-hydrogen) atoms. The minimum absolute atomic E-state index is 0.0166. The number of anilines is 1. The zero-order chi connectivity index (χ0) is 15.4. The number of ether oxygens (including phenoxy) is 2. The summed E-state index contributed by atoms with van der Waals surface area (Å²) < 4.78 is 11.3. The number of rotatable bonds is 8. The molecule has 1 N–H and O–H groups in total. The van der Waals surface area contributed by atoms with Crippen LogP contribution in [-0.2, 0) is 6.61 Å². The summed E-state index contributed by atoms with van der Waals surface area (Å²) in [6.07, 6.45) is 2.52. The first-order chi connectivity index (χ1) is 10.8. The molecule has 1 heterocycles. The van der Waals surface area contributed by atoms with Crippen LogP contribution in [0.5, 0.6) is 11.5 Å². The van der Waals surface area contributed by atoms with Gasteiger partial charge in [0.15, 0.2) is 16.6 Å². The normalized spacial score (nSPS) is 13.9. The van der Waals surface area contributed by atoms with Crippen molar-refractivity contribution in [3.63, 3.8) is 0 Å². The predicted molar refractivity (Wildman–Crippen MR) is 86.9 cm³/mol. The van der Waals surface area contributed by atoms with Gasteiger partial charge in [-0.2, -0.15) is 0 Å². The van der Waals surface area contributed by atoms with Crippen molar-refractivity contribution in [3.05, 3.63) is 35.3 Å². The number of benzene rings is 1. The van der Waals surface area contributed by atoms with E-state index in [1.807, 2.05) is 29.6 Å². The molecule has 0 atom stereocenters. The fraction of sp³-hybridized carbons (Fsp3) is 0.438. The Balaban J connectivity index is 1.60. The SMILES string of the molecule is CN(c1nc(COc2ccccc2OCCO)cs1)C1CC1. The van der Waals surface area contributed by atoms with Gasteiger partial charge in [-0.1, -0.05) is 12.1 Å². The third-order valence-corrected chi connectivity index (χ3v) is 4.49. The lowest BCUT2D eigenvalue weighted by Crippen LogP contribution is -2.19. The summed E-state index contributed by atoms with van der Waals surface area (Å²) in [6.45, 7) is 0.652. The van der Waals surface area contributed by atoms with E-state index < -0.39 is 0 Å². The van der Waals surface area contributed by atoms with E-state index in [1.54, 1.807) is 11.3 Å². The van der Waals surface area contributed by atoms with Crippen molar-refractivity contribution >= 4 is 16.5 Å². The Kier molecular flexibility index (Phi) is 4.80. The molecule has 1 aromatic carbocycles. The van der Waals surface area contributed by atoms with Crippen molar-refractivity contribution < 1.29 is 14.6 Å². The van der Waals surface area contributed by atoms with E-state index in [1.165, 1.54) is 12.8 Å². The summed E-state index contributed by atoms with van der Waals surface area (Å²) in [4.78, 5) is 6.86. The summed E-state index contributed by atoms with van der Waals surface area (Å²) in [5.41, 5.74) is 0.921. The number of aliphatic hydroxyl groups is 1. The average Bonchev–Trinajstić information content (AvgIpc) is 3.29. The van der Waals surface area contributed by atoms with Gasteiger partial charge in [-0.3, -0.25) is 0 Å². The molecule has 5 nitrogen and oxygen atoms in total. The quantitative estimate of drug-likeness (QED) is 0.810. The second-order valence-electron chi connectivity index (χ2n) is 5.27. The summed E-state index contributed by atoms with van der Waals surface area (Å²) in [7, 11) is 2.10. The van der Waals surface area contributed by atoms with Crippen LogP contribution in [0.1, 0.15) is 18.5 Å². The first kappa shape index (κ1) is 15.1. The molecule has 0 radical (unpaired) electrons. The third kappa shape index (κ3) is 3.69. The summed E-state index contributed by atoms with van der Waals surface area (Å²) >= 11 is 1.65. The minimum atomic E-state index is -0.0166. The van der Waals surface area contributed by atoms with E-state index in [0.717, 1.165) is 10.8 Å². The fourth-order valence-corrected chi connectivity index (χ4v) is 2.99. The van der Waals surface area contributed by atoms with Crippen molar-refractivity contribution in [1.82, 2.24) is 4.98 Å². The lowest BCUT2D eigenvalue weighted by Gasteiger charge is -2.13. The summed E-state index contributed by atoms with van der Waals surface area (Å²) in [6, 6.07) is 8.13. The molecule has 1 aromatic heterocycles. The molecule has 0 unspecified atom stereocenters. The Morgan fingerprint density at radius 1 is 1.27 bits per heavy atom. The van der Waals surface area contributed by atoms with E-state index in [0.29, 0.717) is 24.1 Å². The molecule has 0 spiro atoms. The second kappa shape index (κ2) is 6.98. The first-order valence-corrected chi connectivity index (χ1v) is 8.28. The number of para-hydroxylation sites is 2. The second-order valence-corrected chi connectivity index (χ2v) is 6.11. The molecule has 1 aliphatic carbocycles. The lowest BCUT2D eigenvalue weighted by molar-refractivity contribution is 0.192. The van der Waals surface area contributed by atoms with Crippen LogP contribution in [0.15, 0.2) is 29.6 Å². The highest BCUT2D eigenvalue weighted by atomic mass is 32.1. The standard InChI is InChI=1S/C16H20N2O3S/c1-18(13-6-7-13)16-17-12(11-22-16)10-21-15-5-3-2-4-14(15)20-9-8-19/h2-5,11,13,19H,6-10H2,1H3. The maximum absolute atomic E-state index is 8.85. The van der Waals surface area contributed by atoms with Gasteiger partial charge in [0.05, 0.1) is 12.3 Å². The van der Waals surface area contributed by atoms with E-state index >= 15 is 0 Å². The molecule has 118 valence electrons. The molecule has 1 fully saturated rings. The number of nitrogens with zero attached hydrogens (tertiary/aromatic N) is 2. The van der Waals surface area contributed by atoms with Crippen molar-refractivity contribution in [3.8, 4) is 11.5 Å². The van der Waals surface area contributed by atoms with Gasteiger partial charge in [-0.05, 0) is 25.0 Å². The Labute approximate surface area is 134 Å². The highest BCUT2D eigenvalue weighted by molar-refractivity contribution is 7.13. The molecule has 3 rings (SSSR count). The van der Waals surface area contributed by atoms with Gasteiger partial charge >= 0.3 is 0 Å². The Bertz CT molecular complexity index is 613. The molecular weight excluding hydrogens is 300 g/mol. The summed E-state index contributed by atoms with van der Waals surface area (Å²) in [5, 5.41) is 11.9. The Hall–Kier alpha value is -1.79. The molecule has 0 aliphatic heterocycles. The van der Waals surface area contributed by atoms with Crippen LogP contribution < -0.4 is 14.4 Å². The fourth-order valence-electron chi connectivity index (χ4n) is 2.14. The van der Waals surface area contributed by atoms with Crippen molar-refractivity contribution in [2.75, 3.05) is 25.2 Å². The Morgan fingerprint density at radius 2 is 2.00 bits per heavy atom. The number of thiazole rings is 1. The number of aliphatic hydroxyl groups excluding tert-OH is 1. The van der Waals surface area contributed by atoms with Gasteiger partial charge in [0.2, 0.25) is 0 Å². The maximum Gasteiger partial charge on any atom is 0.185 e. The van der Waals surface area contributed by atoms with Gasteiger partial charge in [0, 0.05) is 18.5 Å². The summed E-state index contributed by atoms with van der Waals surface area (Å²) in [5.74, 6) is 1.31. The smallest absolute Gasteiger partial charge is 0.185 e. The van der Waals surface area contributed by atoms with Crippen molar-refractivity contribution in [2.45, 2.75) is 25.5 Å². The highest BCUT2D eigenvalue weighted by Crippen LogP contribution is 2.32. The Morgan fingerprint density at radius 3 is 2.68 bits per heavy atom. The first-order valence-electron chi connectivity index (χ1n) is 7.40. The highest BCUT2D eigenvalue weighted by Gasteiger charge is 2.27. The van der Waals surface area contributed by atoms with Gasteiger partial charge in [0.25, 0.3) is 0 Å². The van der Waals surface area contributed by atoms with Crippen LogP contribution in [0.25, 0.3) is 0 Å². The van der Waals surface area contributed by atoms with Gasteiger partial charge in [-0.25, -0.2) is 4.98 Å². The van der Waals surface area contributed by atoms with E-state index in [4.69, 9.17) is 14.6 Å². The molecule has 0 amide bonds. The molecule has 0 saturated heterocycles. The van der Waals surface area contributed by atoms with Crippen LogP contribution in [0.4, 0.5) is 5.13 Å². The monoisotopic (exact) mass is 320 g/mol.